The van der Waals surface area contributed by atoms with Crippen LogP contribution in [0.25, 0.3) is 0 Å². The van der Waals surface area contributed by atoms with E-state index < -0.39 is 0 Å². The largest absolute Gasteiger partial charge is 0.486 e. The number of aromatic nitrogens is 3. The molecule has 0 saturated heterocycles. The van der Waals surface area contributed by atoms with E-state index in [0.717, 1.165) is 5.75 Å². The van der Waals surface area contributed by atoms with Crippen LogP contribution in [0.3, 0.4) is 0 Å². The number of hydrogen-bond donors (Lipinski definition) is 0. The van der Waals surface area contributed by atoms with Gasteiger partial charge in [0.2, 0.25) is 0 Å². The van der Waals surface area contributed by atoms with E-state index in [1.807, 2.05) is 34.9 Å². The quantitative estimate of drug-likeness (QED) is 0.399. The van der Waals surface area contributed by atoms with Crippen molar-refractivity contribution < 1.29 is 14.3 Å². The minimum absolute atomic E-state index is 0.197. The summed E-state index contributed by atoms with van der Waals surface area (Å²) in [5.74, 6) is 1.37. The molecule has 2 rings (SSSR count). The monoisotopic (exact) mass is 333 g/mol. The molecule has 0 bridgehead atoms. The van der Waals surface area contributed by atoms with Gasteiger partial charge in [-0.15, -0.1) is 16.8 Å². The van der Waals surface area contributed by atoms with Gasteiger partial charge in [-0.05, 0) is 19.1 Å². The van der Waals surface area contributed by atoms with Crippen LogP contribution in [0.2, 0.25) is 0 Å². The predicted octanol–water partition coefficient (Wildman–Crippen LogP) is 2.70. The molecule has 1 heterocycles. The zero-order chi connectivity index (χ0) is 16.5. The average Bonchev–Trinajstić information content (AvgIpc) is 2.95. The molecule has 0 unspecified atom stereocenters. The number of nitrogens with zero attached hydrogens (tertiary/aromatic N) is 3. The van der Waals surface area contributed by atoms with Crippen molar-refractivity contribution in [1.82, 2.24) is 14.8 Å². The first-order valence-corrected chi connectivity index (χ1v) is 8.22. The molecule has 122 valence electrons. The summed E-state index contributed by atoms with van der Waals surface area (Å²) >= 11 is 1.29. The van der Waals surface area contributed by atoms with Gasteiger partial charge in [-0.25, -0.2) is 0 Å². The van der Waals surface area contributed by atoms with Crippen molar-refractivity contribution in [3.63, 3.8) is 0 Å². The lowest BCUT2D eigenvalue weighted by molar-refractivity contribution is -0.139. The van der Waals surface area contributed by atoms with Crippen LogP contribution in [-0.4, -0.2) is 33.1 Å². The van der Waals surface area contributed by atoms with E-state index in [2.05, 4.69) is 16.8 Å². The van der Waals surface area contributed by atoms with Crippen molar-refractivity contribution in [2.24, 2.45) is 0 Å². The van der Waals surface area contributed by atoms with Crippen LogP contribution in [0.4, 0.5) is 0 Å². The molecule has 0 N–H and O–H groups in total. The van der Waals surface area contributed by atoms with E-state index in [1.54, 1.807) is 13.0 Å². The second kappa shape index (κ2) is 8.99. The lowest BCUT2D eigenvalue weighted by Crippen LogP contribution is -2.10. The van der Waals surface area contributed by atoms with Crippen LogP contribution in [0, 0.1) is 0 Å². The summed E-state index contributed by atoms with van der Waals surface area (Å²) in [6, 6.07) is 9.50. The van der Waals surface area contributed by atoms with Gasteiger partial charge in [-0.3, -0.25) is 9.36 Å². The molecule has 6 nitrogen and oxygen atoms in total. The normalized spacial score (nSPS) is 10.3. The molecule has 0 fully saturated rings. The fourth-order valence-corrected chi connectivity index (χ4v) is 2.60. The maximum absolute atomic E-state index is 11.5. The van der Waals surface area contributed by atoms with Gasteiger partial charge in [0.1, 0.15) is 12.4 Å². The minimum Gasteiger partial charge on any atom is -0.486 e. The molecule has 23 heavy (non-hydrogen) atoms. The summed E-state index contributed by atoms with van der Waals surface area (Å²) in [7, 11) is 0. The summed E-state index contributed by atoms with van der Waals surface area (Å²) in [6.07, 6.45) is 1.75. The van der Waals surface area contributed by atoms with Gasteiger partial charge in [0.25, 0.3) is 0 Å². The summed E-state index contributed by atoms with van der Waals surface area (Å²) in [5.41, 5.74) is 0. The fraction of sp³-hybridized carbons (Fsp3) is 0.312. The van der Waals surface area contributed by atoms with Crippen molar-refractivity contribution in [1.29, 1.82) is 0 Å². The van der Waals surface area contributed by atoms with Crippen molar-refractivity contribution in [2.45, 2.75) is 25.2 Å². The molecule has 1 aromatic carbocycles. The highest BCUT2D eigenvalue weighted by Gasteiger charge is 2.14. The number of thioether (sulfide) groups is 1. The second-order valence-electron chi connectivity index (χ2n) is 4.49. The van der Waals surface area contributed by atoms with E-state index >= 15 is 0 Å². The average molecular weight is 333 g/mol. The number of benzene rings is 1. The van der Waals surface area contributed by atoms with E-state index in [1.165, 1.54) is 11.8 Å². The number of para-hydroxylation sites is 1. The Bertz CT molecular complexity index is 643. The number of ether oxygens (including phenoxy) is 2. The molecule has 0 aliphatic rings. The summed E-state index contributed by atoms with van der Waals surface area (Å²) in [5, 5.41) is 8.90. The van der Waals surface area contributed by atoms with Crippen LogP contribution >= 0.6 is 11.8 Å². The summed E-state index contributed by atoms with van der Waals surface area (Å²) < 4.78 is 12.5. The van der Waals surface area contributed by atoms with E-state index in [0.29, 0.717) is 30.7 Å². The van der Waals surface area contributed by atoms with Crippen LogP contribution in [0.5, 0.6) is 5.75 Å². The molecular weight excluding hydrogens is 314 g/mol. The molecule has 0 amide bonds. The van der Waals surface area contributed by atoms with Crippen molar-refractivity contribution >= 4 is 17.7 Å². The molecular formula is C16H19N3O3S. The zero-order valence-corrected chi connectivity index (χ0v) is 13.8. The third kappa shape index (κ3) is 5.14. The minimum atomic E-state index is -0.271. The molecule has 0 spiro atoms. The summed E-state index contributed by atoms with van der Waals surface area (Å²) in [4.78, 5) is 11.5. The Morgan fingerprint density at radius 3 is 2.83 bits per heavy atom. The Balaban J connectivity index is 2.02. The Hall–Kier alpha value is -2.28. The van der Waals surface area contributed by atoms with Crippen molar-refractivity contribution in [3.8, 4) is 5.75 Å². The maximum Gasteiger partial charge on any atom is 0.316 e. The Morgan fingerprint density at radius 2 is 2.13 bits per heavy atom. The summed E-state index contributed by atoms with van der Waals surface area (Å²) in [6.45, 7) is 6.74. The highest BCUT2D eigenvalue weighted by Crippen LogP contribution is 2.19. The molecule has 0 aliphatic carbocycles. The van der Waals surface area contributed by atoms with Crippen LogP contribution in [0.1, 0.15) is 12.7 Å². The molecule has 0 radical (unpaired) electrons. The highest BCUT2D eigenvalue weighted by atomic mass is 32.2. The molecule has 0 saturated carbocycles. The molecule has 1 aromatic heterocycles. The van der Waals surface area contributed by atoms with Gasteiger partial charge in [0.15, 0.2) is 11.0 Å². The standard InChI is InChI=1S/C16H19N3O3S/c1-3-10-19-14(11-22-13-8-6-5-7-9-13)17-18-16(19)23-12-15(20)21-4-2/h3,5-9H,1,4,10-12H2,2H3. The number of carbonyl (C=O) groups excluding carboxylic acids is 1. The molecule has 2 aromatic rings. The SMILES string of the molecule is C=CCn1c(COc2ccccc2)nnc1SCC(=O)OCC. The topological polar surface area (TPSA) is 66.2 Å². The van der Waals surface area contributed by atoms with E-state index in [9.17, 15) is 4.79 Å². The predicted molar refractivity (Wildman–Crippen MR) is 88.4 cm³/mol. The second-order valence-corrected chi connectivity index (χ2v) is 5.44. The van der Waals surface area contributed by atoms with Crippen LogP contribution in [-0.2, 0) is 22.7 Å². The highest BCUT2D eigenvalue weighted by molar-refractivity contribution is 7.99. The third-order valence-corrected chi connectivity index (χ3v) is 3.78. The number of carbonyl (C=O) groups is 1. The molecule has 0 aliphatic heterocycles. The smallest absolute Gasteiger partial charge is 0.316 e. The van der Waals surface area contributed by atoms with Gasteiger partial charge < -0.3 is 9.47 Å². The van der Waals surface area contributed by atoms with Gasteiger partial charge in [-0.2, -0.15) is 0 Å². The molecule has 7 heteroatoms. The van der Waals surface area contributed by atoms with Gasteiger partial charge in [0.05, 0.1) is 12.4 Å². The zero-order valence-electron chi connectivity index (χ0n) is 13.0. The number of esters is 1. The maximum atomic E-state index is 11.5. The number of allylic oxidation sites excluding steroid dienone is 1. The molecule has 0 atom stereocenters. The van der Waals surface area contributed by atoms with Crippen LogP contribution < -0.4 is 4.74 Å². The number of hydrogen-bond acceptors (Lipinski definition) is 6. The first-order chi connectivity index (χ1) is 11.2. The lowest BCUT2D eigenvalue weighted by Gasteiger charge is -2.09. The Kier molecular flexibility index (Phi) is 6.68. The van der Waals surface area contributed by atoms with E-state index in [-0.39, 0.29) is 11.7 Å². The van der Waals surface area contributed by atoms with Gasteiger partial charge in [0, 0.05) is 6.54 Å². The van der Waals surface area contributed by atoms with Crippen molar-refractivity contribution in [2.75, 3.05) is 12.4 Å². The first kappa shape index (κ1) is 17.1. The van der Waals surface area contributed by atoms with E-state index in [4.69, 9.17) is 9.47 Å². The Labute approximate surface area is 139 Å². The first-order valence-electron chi connectivity index (χ1n) is 7.23. The third-order valence-electron chi connectivity index (χ3n) is 2.84. The van der Waals surface area contributed by atoms with Crippen LogP contribution in [0.15, 0.2) is 48.1 Å². The van der Waals surface area contributed by atoms with Crippen molar-refractivity contribution in [3.05, 3.63) is 48.8 Å². The van der Waals surface area contributed by atoms with Gasteiger partial charge in [-0.1, -0.05) is 36.0 Å². The Morgan fingerprint density at radius 1 is 1.35 bits per heavy atom. The van der Waals surface area contributed by atoms with Gasteiger partial charge >= 0.3 is 5.97 Å². The number of rotatable bonds is 9. The lowest BCUT2D eigenvalue weighted by atomic mass is 10.3. The fourth-order valence-electron chi connectivity index (χ4n) is 1.84.